The fraction of sp³-hybridized carbons (Fsp3) is 0.200. The molecule has 1 aliphatic rings. The van der Waals surface area contributed by atoms with Crippen molar-refractivity contribution in [3.8, 4) is 0 Å². The summed E-state index contributed by atoms with van der Waals surface area (Å²) in [6, 6.07) is 22.3. The number of carbonyl (C=O) groups is 2. The first-order valence-corrected chi connectivity index (χ1v) is 10.7. The van der Waals surface area contributed by atoms with E-state index in [9.17, 15) is 14.7 Å². The number of fused-ring (bicyclic) bond motifs is 1. The van der Waals surface area contributed by atoms with Crippen molar-refractivity contribution in [3.05, 3.63) is 99.5 Å². The van der Waals surface area contributed by atoms with Gasteiger partial charge in [0.1, 0.15) is 0 Å². The highest BCUT2D eigenvalue weighted by atomic mass is 79.9. The zero-order valence-electron chi connectivity index (χ0n) is 16.6. The predicted molar refractivity (Wildman–Crippen MR) is 120 cm³/mol. The molecule has 1 aliphatic heterocycles. The van der Waals surface area contributed by atoms with E-state index in [2.05, 4.69) is 15.9 Å². The Bertz CT molecular complexity index is 1100. The molecule has 0 fully saturated rings. The minimum atomic E-state index is -1.89. The lowest BCUT2D eigenvalue weighted by molar-refractivity contribution is -0.136. The number of aryl methyl sites for hydroxylation is 1. The maximum absolute atomic E-state index is 13.4. The number of aliphatic hydroxyl groups is 1. The van der Waals surface area contributed by atoms with E-state index in [1.807, 2.05) is 55.5 Å². The molecule has 0 spiro atoms. The second kappa shape index (κ2) is 8.17. The van der Waals surface area contributed by atoms with Gasteiger partial charge in [0.05, 0.1) is 18.7 Å². The number of hydrogen-bond acceptors (Lipinski definition) is 3. The Morgan fingerprint density at radius 3 is 2.37 bits per heavy atom. The molecule has 1 N–H and O–H groups in total. The highest BCUT2D eigenvalue weighted by Gasteiger charge is 2.51. The smallest absolute Gasteiger partial charge is 0.264 e. The van der Waals surface area contributed by atoms with Gasteiger partial charge in [-0.2, -0.15) is 0 Å². The van der Waals surface area contributed by atoms with Crippen LogP contribution >= 0.6 is 15.9 Å². The molecule has 0 bridgehead atoms. The highest BCUT2D eigenvalue weighted by Crippen LogP contribution is 2.44. The fourth-order valence-corrected chi connectivity index (χ4v) is 4.24. The van der Waals surface area contributed by atoms with Crippen molar-refractivity contribution in [2.75, 3.05) is 4.90 Å². The van der Waals surface area contributed by atoms with Crippen LogP contribution in [0.4, 0.5) is 5.69 Å². The Hall–Kier alpha value is -2.76. The number of nitrogens with zero attached hydrogens (tertiary/aromatic N) is 1. The van der Waals surface area contributed by atoms with Crippen LogP contribution in [0.2, 0.25) is 0 Å². The highest BCUT2D eigenvalue weighted by molar-refractivity contribution is 9.10. The van der Waals surface area contributed by atoms with Gasteiger partial charge in [0.2, 0.25) is 0 Å². The van der Waals surface area contributed by atoms with Gasteiger partial charge in [-0.15, -0.1) is 0 Å². The van der Waals surface area contributed by atoms with Crippen LogP contribution in [0.5, 0.6) is 0 Å². The maximum atomic E-state index is 13.4. The number of hydrogen-bond donors (Lipinski definition) is 1. The van der Waals surface area contributed by atoms with Gasteiger partial charge >= 0.3 is 0 Å². The first-order chi connectivity index (χ1) is 14.4. The third kappa shape index (κ3) is 3.71. The van der Waals surface area contributed by atoms with E-state index in [4.69, 9.17) is 0 Å². The van der Waals surface area contributed by atoms with Crippen LogP contribution in [0.1, 0.15) is 40.4 Å². The van der Waals surface area contributed by atoms with Gasteiger partial charge in [-0.1, -0.05) is 77.5 Å². The van der Waals surface area contributed by atoms with E-state index < -0.39 is 11.5 Å². The average molecular weight is 464 g/mol. The summed E-state index contributed by atoms with van der Waals surface area (Å²) < 4.78 is 0.744. The zero-order chi connectivity index (χ0) is 21.3. The number of carbonyl (C=O) groups excluding carboxylic acids is 2. The third-order valence-electron chi connectivity index (χ3n) is 5.58. The van der Waals surface area contributed by atoms with Gasteiger partial charge in [0.15, 0.2) is 11.4 Å². The molecule has 3 aromatic rings. The van der Waals surface area contributed by atoms with Gasteiger partial charge in [0, 0.05) is 15.6 Å². The molecule has 0 aliphatic carbocycles. The van der Waals surface area contributed by atoms with Crippen LogP contribution in [0.3, 0.4) is 0 Å². The van der Waals surface area contributed by atoms with Crippen molar-refractivity contribution in [1.82, 2.24) is 0 Å². The minimum Gasteiger partial charge on any atom is -0.375 e. The quantitative estimate of drug-likeness (QED) is 0.522. The second-order valence-electron chi connectivity index (χ2n) is 7.55. The summed E-state index contributed by atoms with van der Waals surface area (Å²) in [5.41, 5.74) is 1.76. The van der Waals surface area contributed by atoms with E-state index in [0.717, 1.165) is 22.0 Å². The largest absolute Gasteiger partial charge is 0.375 e. The number of benzene rings is 3. The Labute approximate surface area is 184 Å². The Kier molecular flexibility index (Phi) is 5.58. The lowest BCUT2D eigenvalue weighted by Gasteiger charge is -2.23. The molecule has 152 valence electrons. The molecule has 30 heavy (non-hydrogen) atoms. The van der Waals surface area contributed by atoms with Crippen LogP contribution in [0.25, 0.3) is 0 Å². The summed E-state index contributed by atoms with van der Waals surface area (Å²) in [6.07, 6.45) is 0.582. The molecule has 5 heteroatoms. The molecular weight excluding hydrogens is 442 g/mol. The molecule has 1 atom stereocenters. The molecule has 3 aromatic carbocycles. The molecule has 0 unspecified atom stereocenters. The summed E-state index contributed by atoms with van der Waals surface area (Å²) in [5, 5.41) is 11.5. The van der Waals surface area contributed by atoms with Gasteiger partial charge in [0.25, 0.3) is 5.91 Å². The number of rotatable bonds is 6. The SMILES string of the molecule is CCc1ccc(C(=O)C[C@]2(O)C(=O)N(Cc3ccccc3)c3ccc(Br)cc32)cc1. The molecule has 0 saturated heterocycles. The maximum Gasteiger partial charge on any atom is 0.264 e. The fourth-order valence-electron chi connectivity index (χ4n) is 3.88. The van der Waals surface area contributed by atoms with Crippen molar-refractivity contribution < 1.29 is 14.7 Å². The zero-order valence-corrected chi connectivity index (χ0v) is 18.2. The predicted octanol–water partition coefficient (Wildman–Crippen LogP) is 5.02. The van der Waals surface area contributed by atoms with Crippen molar-refractivity contribution in [3.63, 3.8) is 0 Å². The van der Waals surface area contributed by atoms with Crippen LogP contribution in [-0.2, 0) is 23.4 Å². The van der Waals surface area contributed by atoms with Gasteiger partial charge in [-0.25, -0.2) is 0 Å². The molecular formula is C25H22BrNO3. The summed E-state index contributed by atoms with van der Waals surface area (Å²) in [6.45, 7) is 2.38. The van der Waals surface area contributed by atoms with Crippen molar-refractivity contribution in [2.45, 2.75) is 31.9 Å². The molecule has 4 rings (SSSR count). The number of anilines is 1. The summed E-state index contributed by atoms with van der Waals surface area (Å²) in [7, 11) is 0. The first kappa shape index (κ1) is 20.5. The van der Waals surface area contributed by atoms with E-state index in [1.165, 1.54) is 0 Å². The molecule has 0 aromatic heterocycles. The Balaban J connectivity index is 1.68. The number of Topliss-reactive ketones (excluding diaryl/α,β-unsaturated/α-hetero) is 1. The van der Waals surface area contributed by atoms with Crippen molar-refractivity contribution >= 4 is 33.3 Å². The lowest BCUT2D eigenvalue weighted by atomic mass is 9.88. The molecule has 1 heterocycles. The normalized spacial score (nSPS) is 17.8. The summed E-state index contributed by atoms with van der Waals surface area (Å²) in [4.78, 5) is 27.9. The van der Waals surface area contributed by atoms with Crippen molar-refractivity contribution in [1.29, 1.82) is 0 Å². The van der Waals surface area contributed by atoms with Crippen LogP contribution in [0.15, 0.2) is 77.3 Å². The van der Waals surface area contributed by atoms with E-state index in [-0.39, 0.29) is 12.2 Å². The summed E-state index contributed by atoms with van der Waals surface area (Å²) >= 11 is 3.42. The number of halogens is 1. The molecule has 0 radical (unpaired) electrons. The third-order valence-corrected chi connectivity index (χ3v) is 6.07. The summed E-state index contributed by atoms with van der Waals surface area (Å²) in [5.74, 6) is -0.737. The Morgan fingerprint density at radius 1 is 1.00 bits per heavy atom. The van der Waals surface area contributed by atoms with Gasteiger partial charge in [-0.05, 0) is 35.7 Å². The minimum absolute atomic E-state index is 0.263. The average Bonchev–Trinajstić information content (AvgIpc) is 2.96. The first-order valence-electron chi connectivity index (χ1n) is 9.93. The number of ketones is 1. The van der Waals surface area contributed by atoms with Crippen molar-refractivity contribution in [2.24, 2.45) is 0 Å². The topological polar surface area (TPSA) is 57.6 Å². The molecule has 4 nitrogen and oxygen atoms in total. The number of amides is 1. The van der Waals surface area contributed by atoms with E-state index >= 15 is 0 Å². The van der Waals surface area contributed by atoms with Gasteiger partial charge in [-0.3, -0.25) is 9.59 Å². The lowest BCUT2D eigenvalue weighted by Crippen LogP contribution is -2.41. The van der Waals surface area contributed by atoms with Crippen LogP contribution < -0.4 is 4.90 Å². The molecule has 0 saturated carbocycles. The van der Waals surface area contributed by atoms with Gasteiger partial charge < -0.3 is 10.0 Å². The Morgan fingerprint density at radius 2 is 1.70 bits per heavy atom. The standard InChI is InChI=1S/C25H22BrNO3/c1-2-17-8-10-19(11-9-17)23(28)15-25(30)21-14-20(26)12-13-22(21)27(24(25)29)16-18-6-4-3-5-7-18/h3-14,30H,2,15-16H2,1H3/t25-/m1/s1. The van der Waals surface area contributed by atoms with Crippen LogP contribution in [0, 0.1) is 0 Å². The molecule has 1 amide bonds. The monoisotopic (exact) mass is 463 g/mol. The van der Waals surface area contributed by atoms with E-state index in [0.29, 0.717) is 23.4 Å². The van der Waals surface area contributed by atoms with E-state index in [1.54, 1.807) is 29.2 Å². The van der Waals surface area contributed by atoms with Crippen LogP contribution in [-0.4, -0.2) is 16.8 Å². The second-order valence-corrected chi connectivity index (χ2v) is 8.46.